The molecule has 0 bridgehead atoms. The number of hydrogen-bond donors (Lipinski definition) is 0. The van der Waals surface area contributed by atoms with Crippen LogP contribution in [0.3, 0.4) is 0 Å². The molecule has 1 saturated carbocycles. The van der Waals surface area contributed by atoms with E-state index in [-0.39, 0.29) is 0 Å². The molecule has 144 valence electrons. The van der Waals surface area contributed by atoms with Crippen LogP contribution < -0.4 is 4.90 Å². The van der Waals surface area contributed by atoms with Gasteiger partial charge in [0.15, 0.2) is 0 Å². The van der Waals surface area contributed by atoms with Crippen molar-refractivity contribution in [2.45, 2.75) is 44.2 Å². The second-order valence-corrected chi connectivity index (χ2v) is 8.13. The van der Waals surface area contributed by atoms with E-state index >= 15 is 0 Å². The molecule has 1 atom stereocenters. The van der Waals surface area contributed by atoms with Gasteiger partial charge in [-0.1, -0.05) is 11.6 Å². The average molecular weight is 368 g/mol. The number of nitrogens with zero attached hydrogens (tertiary/aromatic N) is 6. The Morgan fingerprint density at radius 1 is 1.00 bits per heavy atom. The zero-order valence-electron chi connectivity index (χ0n) is 16.0. The number of anilines is 1. The minimum Gasteiger partial charge on any atom is -0.354 e. The van der Waals surface area contributed by atoms with Crippen LogP contribution in [0, 0.1) is 0 Å². The first-order chi connectivity index (χ1) is 13.3. The van der Waals surface area contributed by atoms with Gasteiger partial charge in [0.25, 0.3) is 0 Å². The maximum atomic E-state index is 5.66. The summed E-state index contributed by atoms with van der Waals surface area (Å²) in [5.74, 6) is 2.46. The van der Waals surface area contributed by atoms with Gasteiger partial charge in [-0.05, 0) is 51.4 Å². The first-order valence-electron chi connectivity index (χ1n) is 10.3. The molecule has 2 saturated heterocycles. The molecule has 0 amide bonds. The largest absolute Gasteiger partial charge is 0.354 e. The van der Waals surface area contributed by atoms with Gasteiger partial charge in [0.05, 0.1) is 6.04 Å². The Hall–Kier alpha value is -1.99. The van der Waals surface area contributed by atoms with Crippen molar-refractivity contribution in [3.05, 3.63) is 24.2 Å². The van der Waals surface area contributed by atoms with Gasteiger partial charge >= 0.3 is 0 Å². The number of likely N-dealkylation sites (tertiary alicyclic amines) is 1. The van der Waals surface area contributed by atoms with Gasteiger partial charge in [0.2, 0.25) is 11.7 Å². The molecule has 2 aliphatic heterocycles. The number of pyridine rings is 1. The fourth-order valence-corrected chi connectivity index (χ4v) is 4.44. The third-order valence-corrected chi connectivity index (χ3v) is 6.40. The second kappa shape index (κ2) is 7.20. The Morgan fingerprint density at radius 3 is 2.56 bits per heavy atom. The number of likely N-dealkylation sites (N-methyl/N-ethyl adjacent to an activating group) is 1. The summed E-state index contributed by atoms with van der Waals surface area (Å²) in [5.41, 5.74) is 0.927. The highest BCUT2D eigenvalue weighted by Gasteiger charge is 2.37. The van der Waals surface area contributed by atoms with E-state index in [4.69, 9.17) is 9.51 Å². The molecule has 7 nitrogen and oxygen atoms in total. The molecule has 2 aromatic rings. The van der Waals surface area contributed by atoms with Crippen LogP contribution in [0.4, 0.5) is 5.82 Å². The van der Waals surface area contributed by atoms with Crippen molar-refractivity contribution >= 4 is 5.82 Å². The summed E-state index contributed by atoms with van der Waals surface area (Å²) in [4.78, 5) is 16.6. The topological polar surface area (TPSA) is 61.5 Å². The van der Waals surface area contributed by atoms with Crippen molar-refractivity contribution in [2.24, 2.45) is 0 Å². The number of rotatable bonds is 4. The van der Waals surface area contributed by atoms with Gasteiger partial charge in [-0.25, -0.2) is 4.98 Å². The number of piperazine rings is 1. The van der Waals surface area contributed by atoms with Crippen molar-refractivity contribution in [1.29, 1.82) is 0 Å². The van der Waals surface area contributed by atoms with Gasteiger partial charge in [0.1, 0.15) is 5.82 Å². The summed E-state index contributed by atoms with van der Waals surface area (Å²) in [7, 11) is 2.16. The molecule has 7 heteroatoms. The highest BCUT2D eigenvalue weighted by atomic mass is 16.5. The SMILES string of the molecule is CN1CCN(c2ccc(-c3noc([C@@H]4CCCN4C4CCC4)n3)cn2)CC1. The highest BCUT2D eigenvalue weighted by molar-refractivity contribution is 5.56. The number of hydrogen-bond acceptors (Lipinski definition) is 7. The van der Waals surface area contributed by atoms with Crippen molar-refractivity contribution in [1.82, 2.24) is 24.9 Å². The molecular weight excluding hydrogens is 340 g/mol. The van der Waals surface area contributed by atoms with E-state index in [1.54, 1.807) is 0 Å². The van der Waals surface area contributed by atoms with E-state index < -0.39 is 0 Å². The predicted octanol–water partition coefficient (Wildman–Crippen LogP) is 2.57. The zero-order valence-corrected chi connectivity index (χ0v) is 16.0. The molecule has 5 rings (SSSR count). The smallest absolute Gasteiger partial charge is 0.244 e. The molecule has 0 unspecified atom stereocenters. The van der Waals surface area contributed by atoms with Crippen molar-refractivity contribution in [2.75, 3.05) is 44.7 Å². The molecule has 4 heterocycles. The molecule has 0 N–H and O–H groups in total. The van der Waals surface area contributed by atoms with Gasteiger partial charge < -0.3 is 14.3 Å². The molecule has 0 radical (unpaired) electrons. The monoisotopic (exact) mass is 368 g/mol. The maximum absolute atomic E-state index is 5.66. The molecule has 2 aromatic heterocycles. The van der Waals surface area contributed by atoms with Crippen LogP contribution in [-0.4, -0.2) is 70.7 Å². The molecular formula is C20H28N6O. The molecule has 0 spiro atoms. The Labute approximate surface area is 160 Å². The van der Waals surface area contributed by atoms with Crippen LogP contribution in [0.2, 0.25) is 0 Å². The predicted molar refractivity (Wildman–Crippen MR) is 104 cm³/mol. The first kappa shape index (κ1) is 17.1. The van der Waals surface area contributed by atoms with Crippen LogP contribution in [0.15, 0.2) is 22.9 Å². The lowest BCUT2D eigenvalue weighted by atomic mass is 9.91. The summed E-state index contributed by atoms with van der Waals surface area (Å²) in [5, 5.41) is 4.25. The quantitative estimate of drug-likeness (QED) is 0.822. The van der Waals surface area contributed by atoms with Gasteiger partial charge in [-0.2, -0.15) is 4.98 Å². The first-order valence-corrected chi connectivity index (χ1v) is 10.3. The third-order valence-electron chi connectivity index (χ3n) is 6.40. The highest BCUT2D eigenvalue weighted by Crippen LogP contribution is 2.38. The Bertz CT molecular complexity index is 763. The van der Waals surface area contributed by atoms with E-state index in [0.717, 1.165) is 62.5 Å². The second-order valence-electron chi connectivity index (χ2n) is 8.13. The van der Waals surface area contributed by atoms with Crippen LogP contribution in [-0.2, 0) is 0 Å². The van der Waals surface area contributed by atoms with Crippen LogP contribution >= 0.6 is 0 Å². The lowest BCUT2D eigenvalue weighted by Gasteiger charge is -2.37. The van der Waals surface area contributed by atoms with Gasteiger partial charge in [-0.3, -0.25) is 4.90 Å². The molecule has 1 aliphatic carbocycles. The molecule has 3 fully saturated rings. The van der Waals surface area contributed by atoms with Crippen LogP contribution in [0.25, 0.3) is 11.4 Å². The van der Waals surface area contributed by atoms with Gasteiger partial charge in [0, 0.05) is 44.0 Å². The third kappa shape index (κ3) is 3.34. The van der Waals surface area contributed by atoms with E-state index in [0.29, 0.717) is 11.9 Å². The van der Waals surface area contributed by atoms with E-state index in [9.17, 15) is 0 Å². The summed E-state index contributed by atoms with van der Waals surface area (Å²) in [6, 6.07) is 5.16. The summed E-state index contributed by atoms with van der Waals surface area (Å²) < 4.78 is 5.66. The Morgan fingerprint density at radius 2 is 1.85 bits per heavy atom. The fourth-order valence-electron chi connectivity index (χ4n) is 4.44. The normalized spacial score (nSPS) is 25.1. The number of aromatic nitrogens is 3. The zero-order chi connectivity index (χ0) is 18.2. The maximum Gasteiger partial charge on any atom is 0.244 e. The van der Waals surface area contributed by atoms with Crippen LogP contribution in [0.1, 0.15) is 44.0 Å². The Balaban J connectivity index is 1.29. The van der Waals surface area contributed by atoms with Gasteiger partial charge in [-0.15, -0.1) is 0 Å². The van der Waals surface area contributed by atoms with Crippen molar-refractivity contribution < 1.29 is 4.52 Å². The molecule has 0 aromatic carbocycles. The fraction of sp³-hybridized carbons (Fsp3) is 0.650. The molecule has 3 aliphatic rings. The van der Waals surface area contributed by atoms with Crippen molar-refractivity contribution in [3.8, 4) is 11.4 Å². The Kier molecular flexibility index (Phi) is 4.57. The lowest BCUT2D eigenvalue weighted by molar-refractivity contribution is 0.0966. The minimum absolute atomic E-state index is 0.300. The average Bonchev–Trinajstić information content (AvgIpc) is 3.31. The summed E-state index contributed by atoms with van der Waals surface area (Å²) >= 11 is 0. The molecule has 27 heavy (non-hydrogen) atoms. The summed E-state index contributed by atoms with van der Waals surface area (Å²) in [6.45, 7) is 5.36. The van der Waals surface area contributed by atoms with E-state index in [1.165, 1.54) is 25.7 Å². The van der Waals surface area contributed by atoms with Crippen molar-refractivity contribution in [3.63, 3.8) is 0 Å². The standard InChI is InChI=1S/C20H28N6O/c1-24-10-12-25(13-11-24)18-8-7-15(14-21-18)19-22-20(27-23-19)17-6-3-9-26(17)16-4-2-5-16/h7-8,14,16-17H,2-6,9-13H2,1H3/t17-/m0/s1. The minimum atomic E-state index is 0.300. The van der Waals surface area contributed by atoms with E-state index in [2.05, 4.69) is 44.0 Å². The van der Waals surface area contributed by atoms with E-state index in [1.807, 2.05) is 6.20 Å². The summed E-state index contributed by atoms with van der Waals surface area (Å²) in [6.07, 6.45) is 8.21. The lowest BCUT2D eigenvalue weighted by Crippen LogP contribution is -2.44. The van der Waals surface area contributed by atoms with Crippen LogP contribution in [0.5, 0.6) is 0 Å².